The van der Waals surface area contributed by atoms with E-state index >= 15 is 0 Å². The van der Waals surface area contributed by atoms with Gasteiger partial charge in [-0.15, -0.1) is 24.8 Å². The molecule has 0 aliphatic heterocycles. The van der Waals surface area contributed by atoms with Crippen LogP contribution in [-0.2, 0) is 4.57 Å². The van der Waals surface area contributed by atoms with E-state index in [1.54, 1.807) is 0 Å². The van der Waals surface area contributed by atoms with Crippen LogP contribution in [0.15, 0.2) is 0 Å². The maximum absolute atomic E-state index is 7.94. The van der Waals surface area contributed by atoms with Crippen LogP contribution in [0.2, 0.25) is 0 Å². The molecule has 4 heteroatoms. The van der Waals surface area contributed by atoms with Crippen LogP contribution in [0.4, 0.5) is 0 Å². The Labute approximate surface area is 46.6 Å². The molecule has 0 aromatic carbocycles. The summed E-state index contributed by atoms with van der Waals surface area (Å²) in [6.45, 7) is 0. The normalized spacial score (nSPS) is 0.800. The average molecular weight is 136 g/mol. The molecule has 0 amide bonds. The van der Waals surface area contributed by atoms with Gasteiger partial charge in [-0.3, -0.25) is 4.57 Å². The summed E-state index contributed by atoms with van der Waals surface area (Å²) in [5.74, 6) is 0. The van der Waals surface area contributed by atoms with Crippen LogP contribution in [-0.4, -0.2) is 0 Å². The first-order chi connectivity index (χ1) is 1.00. The van der Waals surface area contributed by atoms with Gasteiger partial charge in [-0.25, -0.2) is 0 Å². The third-order valence-corrected chi connectivity index (χ3v) is 0. The Hall–Kier alpha value is 0.680. The Morgan fingerprint density at radius 1 is 1.00 bits per heavy atom. The first-order valence-electron chi connectivity index (χ1n) is 0.183. The quantitative estimate of drug-likeness (QED) is 0.466. The summed E-state index contributed by atoms with van der Waals surface area (Å²) in [5.41, 5.74) is 0. The Bertz CT molecular complexity index is 9.61. The minimum absolute atomic E-state index is 0. The number of hydrogen-bond acceptors (Lipinski definition) is 1. The van der Waals surface area contributed by atoms with Gasteiger partial charge < -0.3 is 0 Å². The summed E-state index contributed by atoms with van der Waals surface area (Å²) in [7, 11) is 2.28. The first kappa shape index (κ1) is 44.1. The molecule has 0 unspecified atom stereocenters. The summed E-state index contributed by atoms with van der Waals surface area (Å²) >= 11 is 0. The van der Waals surface area contributed by atoms with Gasteiger partial charge >= 0.3 is 0 Å². The second-order valence-electron chi connectivity index (χ2n) is 0. The molecule has 0 heterocycles. The van der Waals surface area contributed by atoms with Gasteiger partial charge in [-0.05, 0) is 0 Å². The van der Waals surface area contributed by atoms with Crippen LogP contribution in [0, 0.1) is 0 Å². The zero-order chi connectivity index (χ0) is 2.00. The van der Waals surface area contributed by atoms with Crippen LogP contribution >= 0.6 is 33.9 Å². The molecule has 0 bridgehead atoms. The molecule has 0 aliphatic rings. The molecule has 0 spiro atoms. The molecule has 0 N–H and O–H groups in total. The first-order valence-corrected chi connectivity index (χ1v) is 0.548. The molecular formula is CH6Cl2OP. The van der Waals surface area contributed by atoms with Crippen LogP contribution in [0.25, 0.3) is 0 Å². The SMILES string of the molecule is C.Cl.Cl.O=[P]. The van der Waals surface area contributed by atoms with Crippen molar-refractivity contribution < 1.29 is 4.57 Å². The second-order valence-corrected chi connectivity index (χ2v) is 0. The van der Waals surface area contributed by atoms with Crippen molar-refractivity contribution in [1.29, 1.82) is 0 Å². The highest BCUT2D eigenvalue weighted by molar-refractivity contribution is 7.00. The number of hydrogen-bond donors (Lipinski definition) is 0. The predicted octanol–water partition coefficient (Wildman–Crippen LogP) is 2.22. The summed E-state index contributed by atoms with van der Waals surface area (Å²) < 4.78 is 7.94. The van der Waals surface area contributed by atoms with E-state index < -0.39 is 0 Å². The molecule has 1 nitrogen and oxygen atoms in total. The molecule has 5 heavy (non-hydrogen) atoms. The fourth-order valence-corrected chi connectivity index (χ4v) is 0. The molecule has 0 rings (SSSR count). The minimum atomic E-state index is 0. The summed E-state index contributed by atoms with van der Waals surface area (Å²) in [6.07, 6.45) is 0. The van der Waals surface area contributed by atoms with Gasteiger partial charge in [-0.1, -0.05) is 7.43 Å². The van der Waals surface area contributed by atoms with Crippen molar-refractivity contribution in [3.8, 4) is 0 Å². The van der Waals surface area contributed by atoms with E-state index in [9.17, 15) is 0 Å². The van der Waals surface area contributed by atoms with Crippen molar-refractivity contribution in [3.63, 3.8) is 0 Å². The summed E-state index contributed by atoms with van der Waals surface area (Å²) in [5, 5.41) is 0. The lowest BCUT2D eigenvalue weighted by molar-refractivity contribution is 0.607. The van der Waals surface area contributed by atoms with E-state index in [0.717, 1.165) is 0 Å². The van der Waals surface area contributed by atoms with Gasteiger partial charge in [0.05, 0.1) is 0 Å². The largest absolute Gasteiger partial charge is 0.261 e. The van der Waals surface area contributed by atoms with Crippen molar-refractivity contribution in [2.45, 2.75) is 7.43 Å². The highest BCUT2D eigenvalue weighted by Crippen LogP contribution is 1.23. The highest BCUT2D eigenvalue weighted by Gasteiger charge is 0.754. The molecule has 1 radical (unpaired) electrons. The lowest BCUT2D eigenvalue weighted by Crippen LogP contribution is -0.489. The summed E-state index contributed by atoms with van der Waals surface area (Å²) in [6, 6.07) is 0. The van der Waals surface area contributed by atoms with Gasteiger partial charge in [0.2, 0.25) is 0 Å². The van der Waals surface area contributed by atoms with Crippen LogP contribution in [0.5, 0.6) is 0 Å². The van der Waals surface area contributed by atoms with Crippen LogP contribution in [0.3, 0.4) is 0 Å². The molecule has 0 aromatic rings. The van der Waals surface area contributed by atoms with Gasteiger partial charge in [0.25, 0.3) is 9.12 Å². The highest BCUT2D eigenvalue weighted by atomic mass is 35.5. The van der Waals surface area contributed by atoms with E-state index in [4.69, 9.17) is 4.57 Å². The van der Waals surface area contributed by atoms with Gasteiger partial charge in [-0.2, -0.15) is 0 Å². The average Bonchev–Trinajstić information content (AvgIpc) is 1.00. The Kier molecular flexibility index (Phi) is 1210. The van der Waals surface area contributed by atoms with Crippen molar-refractivity contribution in [3.05, 3.63) is 0 Å². The van der Waals surface area contributed by atoms with E-state index in [0.29, 0.717) is 0 Å². The Morgan fingerprint density at radius 3 is 1.00 bits per heavy atom. The standard InChI is InChI=1S/CH4.2ClH.OP/c;;;1-2/h1H4;2*1H;. The van der Waals surface area contributed by atoms with Gasteiger partial charge in [0, 0.05) is 0 Å². The van der Waals surface area contributed by atoms with Crippen molar-refractivity contribution in [2.75, 3.05) is 0 Å². The Morgan fingerprint density at radius 2 is 1.00 bits per heavy atom. The van der Waals surface area contributed by atoms with E-state index in [2.05, 4.69) is 9.12 Å². The Balaban J connectivity index is -0.00000000167. The van der Waals surface area contributed by atoms with Crippen LogP contribution in [0.1, 0.15) is 7.43 Å². The molecule has 35 valence electrons. The van der Waals surface area contributed by atoms with Crippen molar-refractivity contribution in [2.24, 2.45) is 0 Å². The number of halogens is 2. The zero-order valence-electron chi connectivity index (χ0n) is 1.67. The third-order valence-electron chi connectivity index (χ3n) is 0. The lowest BCUT2D eigenvalue weighted by Gasteiger charge is -0.754. The molecule has 0 fully saturated rings. The number of rotatable bonds is 0. The smallest absolute Gasteiger partial charge is 0.261 e. The van der Waals surface area contributed by atoms with Gasteiger partial charge in [0.1, 0.15) is 0 Å². The minimum Gasteiger partial charge on any atom is -0.261 e. The maximum atomic E-state index is 7.94. The van der Waals surface area contributed by atoms with E-state index in [-0.39, 0.29) is 32.2 Å². The van der Waals surface area contributed by atoms with Crippen molar-refractivity contribution >= 4 is 33.9 Å². The molecule has 0 saturated carbocycles. The second kappa shape index (κ2) is 137. The molecule has 0 atom stereocenters. The molecule has 0 aliphatic carbocycles. The maximum Gasteiger partial charge on any atom is 0.261 e. The predicted molar refractivity (Wildman–Crippen MR) is 28.8 cm³/mol. The van der Waals surface area contributed by atoms with E-state index in [1.165, 1.54) is 0 Å². The third kappa shape index (κ3) is 72.7. The topological polar surface area (TPSA) is 17.1 Å². The monoisotopic (exact) mass is 135 g/mol. The summed E-state index contributed by atoms with van der Waals surface area (Å²) in [4.78, 5) is 0. The van der Waals surface area contributed by atoms with Gasteiger partial charge in [0.15, 0.2) is 0 Å². The molecular weight excluding hydrogens is 130 g/mol. The van der Waals surface area contributed by atoms with Crippen molar-refractivity contribution in [1.82, 2.24) is 0 Å². The lowest BCUT2D eigenvalue weighted by atomic mass is 12.0. The molecule has 0 aromatic heterocycles. The van der Waals surface area contributed by atoms with E-state index in [1.807, 2.05) is 0 Å². The van der Waals surface area contributed by atoms with Crippen LogP contribution < -0.4 is 0 Å². The molecule has 0 saturated heterocycles. The zero-order valence-corrected chi connectivity index (χ0v) is 4.20. The fourth-order valence-electron chi connectivity index (χ4n) is 0. The fraction of sp³-hybridized carbons (Fsp3) is 1.00.